The summed E-state index contributed by atoms with van der Waals surface area (Å²) in [4.78, 5) is 0. The molecule has 152 valence electrons. The molecule has 4 aliphatic carbocycles. The maximum absolute atomic E-state index is 10.7. The molecule has 27 heavy (non-hydrogen) atoms. The molecule has 4 fully saturated rings. The van der Waals surface area contributed by atoms with Gasteiger partial charge in [-0.2, -0.15) is 5.26 Å². The van der Waals surface area contributed by atoms with Gasteiger partial charge in [-0.25, -0.2) is 0 Å². The maximum atomic E-state index is 10.7. The summed E-state index contributed by atoms with van der Waals surface area (Å²) in [7, 11) is 0. The van der Waals surface area contributed by atoms with Crippen molar-refractivity contribution in [3.05, 3.63) is 0 Å². The van der Waals surface area contributed by atoms with Gasteiger partial charge in [0.25, 0.3) is 0 Å². The van der Waals surface area contributed by atoms with Crippen molar-refractivity contribution in [3.63, 3.8) is 0 Å². The lowest BCUT2D eigenvalue weighted by atomic mass is 9.44. The van der Waals surface area contributed by atoms with Crippen LogP contribution in [0.4, 0.5) is 0 Å². The average Bonchev–Trinajstić information content (AvgIpc) is 2.96. The van der Waals surface area contributed by atoms with Crippen LogP contribution < -0.4 is 0 Å². The fraction of sp³-hybridized carbons (Fsp3) is 0.958. The van der Waals surface area contributed by atoms with E-state index in [9.17, 15) is 10.4 Å². The number of ether oxygens (including phenoxy) is 1. The van der Waals surface area contributed by atoms with Crippen LogP contribution in [0.1, 0.15) is 79.1 Å². The van der Waals surface area contributed by atoms with Gasteiger partial charge in [-0.1, -0.05) is 27.7 Å². The summed E-state index contributed by atoms with van der Waals surface area (Å²) in [6.07, 6.45) is 9.10. The summed E-state index contributed by atoms with van der Waals surface area (Å²) in [6, 6.07) is 2.65. The first-order valence-corrected chi connectivity index (χ1v) is 11.5. The second-order valence-electron chi connectivity index (χ2n) is 11.2. The third-order valence-electron chi connectivity index (χ3n) is 9.46. The molecule has 0 amide bonds. The van der Waals surface area contributed by atoms with Crippen molar-refractivity contribution in [1.29, 1.82) is 5.26 Å². The van der Waals surface area contributed by atoms with Gasteiger partial charge in [0.1, 0.15) is 0 Å². The van der Waals surface area contributed by atoms with Gasteiger partial charge in [0.05, 0.1) is 24.2 Å². The first kappa shape index (κ1) is 19.7. The van der Waals surface area contributed by atoms with Gasteiger partial charge in [0, 0.05) is 6.61 Å². The van der Waals surface area contributed by atoms with E-state index < -0.39 is 0 Å². The van der Waals surface area contributed by atoms with Gasteiger partial charge in [-0.3, -0.25) is 0 Å². The molecule has 0 aliphatic heterocycles. The normalized spacial score (nSPS) is 52.0. The lowest BCUT2D eigenvalue weighted by Crippen LogP contribution is -2.57. The highest BCUT2D eigenvalue weighted by Crippen LogP contribution is 2.67. The Hall–Kier alpha value is -0.590. The Balaban J connectivity index is 1.55. The lowest BCUT2D eigenvalue weighted by Gasteiger charge is -2.61. The summed E-state index contributed by atoms with van der Waals surface area (Å²) in [5.41, 5.74) is 0.552. The van der Waals surface area contributed by atoms with E-state index in [4.69, 9.17) is 4.74 Å². The Bertz CT molecular complexity index is 598. The van der Waals surface area contributed by atoms with E-state index in [0.29, 0.717) is 17.3 Å². The minimum atomic E-state index is -0.290. The van der Waals surface area contributed by atoms with E-state index >= 15 is 0 Å². The van der Waals surface area contributed by atoms with Gasteiger partial charge in [0.15, 0.2) is 0 Å². The molecule has 0 saturated heterocycles. The van der Waals surface area contributed by atoms with Crippen LogP contribution in [-0.4, -0.2) is 23.9 Å². The Kier molecular flexibility index (Phi) is 5.13. The number of nitriles is 1. The second-order valence-corrected chi connectivity index (χ2v) is 11.2. The van der Waals surface area contributed by atoms with Gasteiger partial charge < -0.3 is 9.84 Å². The molecule has 0 bridgehead atoms. The van der Waals surface area contributed by atoms with E-state index in [1.165, 1.54) is 32.1 Å². The van der Waals surface area contributed by atoms with Gasteiger partial charge in [-0.15, -0.1) is 0 Å². The van der Waals surface area contributed by atoms with Crippen LogP contribution in [0.25, 0.3) is 0 Å². The minimum Gasteiger partial charge on any atom is -0.390 e. The Morgan fingerprint density at radius 1 is 1.07 bits per heavy atom. The number of rotatable bonds is 3. The van der Waals surface area contributed by atoms with Crippen LogP contribution in [0.15, 0.2) is 0 Å². The van der Waals surface area contributed by atoms with E-state index in [2.05, 4.69) is 33.8 Å². The molecular weight excluding hydrogens is 334 g/mol. The van der Waals surface area contributed by atoms with Crippen molar-refractivity contribution in [2.75, 3.05) is 6.61 Å². The van der Waals surface area contributed by atoms with Crippen LogP contribution in [-0.2, 0) is 4.74 Å². The number of nitrogens with zero attached hydrogens (tertiary/aromatic N) is 1. The van der Waals surface area contributed by atoms with Crippen molar-refractivity contribution in [1.82, 2.24) is 0 Å². The highest BCUT2D eigenvalue weighted by molar-refractivity contribution is 5.13. The molecule has 4 rings (SSSR count). The van der Waals surface area contributed by atoms with Gasteiger partial charge in [0.2, 0.25) is 0 Å². The minimum absolute atomic E-state index is 0.0103. The largest absolute Gasteiger partial charge is 0.390 e. The summed E-state index contributed by atoms with van der Waals surface area (Å²) >= 11 is 0. The third-order valence-corrected chi connectivity index (χ3v) is 9.46. The zero-order chi connectivity index (χ0) is 19.4. The van der Waals surface area contributed by atoms with E-state index in [1.807, 2.05) is 0 Å². The standard InChI is InChI=1S/C24H39NO2/c1-15(2)14-27-22-12-24(4)16(11-21(22)26)5-7-18-19-8-6-17(13-25)23(19,3)10-9-20(18)24/h15-22,26H,5-12,14H2,1-4H3/t16?,17-,18-,19-,20?,21-,22-,23+,24-/m0/s1. The van der Waals surface area contributed by atoms with Crippen LogP contribution in [0, 0.1) is 57.7 Å². The molecule has 1 N–H and O–H groups in total. The number of aliphatic hydroxyl groups is 1. The fourth-order valence-corrected chi connectivity index (χ4v) is 7.95. The number of hydrogen-bond donors (Lipinski definition) is 1. The van der Waals surface area contributed by atoms with Crippen molar-refractivity contribution < 1.29 is 9.84 Å². The Morgan fingerprint density at radius 3 is 2.52 bits per heavy atom. The van der Waals surface area contributed by atoms with Crippen molar-refractivity contribution in [2.45, 2.75) is 91.3 Å². The van der Waals surface area contributed by atoms with Crippen LogP contribution in [0.2, 0.25) is 0 Å². The third kappa shape index (κ3) is 3.06. The molecule has 3 nitrogen and oxygen atoms in total. The topological polar surface area (TPSA) is 53.2 Å². The molecule has 0 aromatic carbocycles. The smallest absolute Gasteiger partial charge is 0.0839 e. The number of aliphatic hydroxyl groups excluding tert-OH is 1. The molecule has 0 heterocycles. The highest BCUT2D eigenvalue weighted by atomic mass is 16.5. The molecule has 0 spiro atoms. The zero-order valence-electron chi connectivity index (χ0n) is 17.8. The molecule has 0 aromatic heterocycles. The van der Waals surface area contributed by atoms with Crippen LogP contribution >= 0.6 is 0 Å². The molecule has 9 atom stereocenters. The summed E-state index contributed by atoms with van der Waals surface area (Å²) in [5.74, 6) is 3.70. The van der Waals surface area contributed by atoms with E-state index in [0.717, 1.165) is 43.6 Å². The van der Waals surface area contributed by atoms with Crippen LogP contribution in [0.3, 0.4) is 0 Å². The first-order chi connectivity index (χ1) is 12.8. The molecule has 3 heteroatoms. The maximum Gasteiger partial charge on any atom is 0.0839 e. The SMILES string of the molecule is CC(C)CO[C@H]1C[C@@]2(C)C(CC[C@@H]3C2CC[C@]2(C)[C@H](C#N)CC[C@@H]32)C[C@@H]1O. The summed E-state index contributed by atoms with van der Waals surface area (Å²) in [5, 5.41) is 20.4. The lowest BCUT2D eigenvalue weighted by molar-refractivity contribution is -0.173. The van der Waals surface area contributed by atoms with Crippen molar-refractivity contribution in [3.8, 4) is 6.07 Å². The van der Waals surface area contributed by atoms with Gasteiger partial charge in [-0.05, 0) is 91.8 Å². The summed E-state index contributed by atoms with van der Waals surface area (Å²) in [6.45, 7) is 10.1. The quantitative estimate of drug-likeness (QED) is 0.741. The highest BCUT2D eigenvalue weighted by Gasteiger charge is 2.61. The summed E-state index contributed by atoms with van der Waals surface area (Å²) < 4.78 is 6.20. The van der Waals surface area contributed by atoms with E-state index in [-0.39, 0.29) is 23.5 Å². The van der Waals surface area contributed by atoms with Crippen LogP contribution in [0.5, 0.6) is 0 Å². The molecule has 4 saturated carbocycles. The Labute approximate surface area is 165 Å². The van der Waals surface area contributed by atoms with Crippen molar-refractivity contribution >= 4 is 0 Å². The predicted molar refractivity (Wildman–Crippen MR) is 107 cm³/mol. The second kappa shape index (κ2) is 7.03. The molecule has 2 unspecified atom stereocenters. The van der Waals surface area contributed by atoms with E-state index in [1.54, 1.807) is 0 Å². The fourth-order valence-electron chi connectivity index (χ4n) is 7.95. The molecule has 0 aromatic rings. The first-order valence-electron chi connectivity index (χ1n) is 11.5. The average molecular weight is 374 g/mol. The van der Waals surface area contributed by atoms with Crippen molar-refractivity contribution in [2.24, 2.45) is 46.3 Å². The molecule has 4 aliphatic rings. The number of fused-ring (bicyclic) bond motifs is 5. The Morgan fingerprint density at radius 2 is 1.81 bits per heavy atom. The zero-order valence-corrected chi connectivity index (χ0v) is 17.8. The monoisotopic (exact) mass is 373 g/mol. The molecular formula is C24H39NO2. The number of hydrogen-bond acceptors (Lipinski definition) is 3. The predicted octanol–water partition coefficient (Wildman–Crippen LogP) is 5.18. The molecule has 0 radical (unpaired) electrons. The van der Waals surface area contributed by atoms with Gasteiger partial charge >= 0.3 is 0 Å².